The molecule has 0 atom stereocenters. The highest BCUT2D eigenvalue weighted by Gasteiger charge is 2.23. The summed E-state index contributed by atoms with van der Waals surface area (Å²) in [5.41, 5.74) is 3.05. The quantitative estimate of drug-likeness (QED) is 0.318. The zero-order valence-corrected chi connectivity index (χ0v) is 19.5. The summed E-state index contributed by atoms with van der Waals surface area (Å²) >= 11 is 2.72. The number of aryl methyl sites for hydroxylation is 1. The van der Waals surface area contributed by atoms with Crippen LogP contribution in [0, 0.1) is 0 Å². The van der Waals surface area contributed by atoms with Gasteiger partial charge in [0.1, 0.15) is 10.6 Å². The number of aromatic nitrogens is 1. The molecule has 1 aromatic carbocycles. The van der Waals surface area contributed by atoms with Crippen LogP contribution in [-0.4, -0.2) is 36.0 Å². The maximum atomic E-state index is 12.5. The van der Waals surface area contributed by atoms with Crippen LogP contribution in [0.5, 0.6) is 0 Å². The molecule has 4 rings (SSSR count). The van der Waals surface area contributed by atoms with E-state index in [-0.39, 0.29) is 13.0 Å². The number of rotatable bonds is 9. The number of benzene rings is 1. The maximum Gasteiger partial charge on any atom is 0.341 e. The molecule has 0 saturated heterocycles. The molecule has 0 fully saturated rings. The molecule has 0 saturated carbocycles. The lowest BCUT2D eigenvalue weighted by Gasteiger charge is -2.08. The van der Waals surface area contributed by atoms with E-state index in [1.54, 1.807) is 12.3 Å². The Morgan fingerprint density at radius 1 is 1.06 bits per heavy atom. The molecule has 4 aromatic rings. The first kappa shape index (κ1) is 22.8. The largest absolute Gasteiger partial charge is 0.462 e. The van der Waals surface area contributed by atoms with E-state index in [0.29, 0.717) is 22.5 Å². The summed E-state index contributed by atoms with van der Waals surface area (Å²) < 4.78 is 10.3. The van der Waals surface area contributed by atoms with E-state index in [1.807, 2.05) is 48.0 Å². The molecule has 2 N–H and O–H groups in total. The highest BCUT2D eigenvalue weighted by Crippen LogP contribution is 2.38. The van der Waals surface area contributed by atoms with Crippen LogP contribution in [0.4, 0.5) is 5.00 Å². The van der Waals surface area contributed by atoms with E-state index in [4.69, 9.17) is 9.47 Å². The predicted octanol–water partition coefficient (Wildman–Crippen LogP) is 5.25. The first-order chi connectivity index (χ1) is 16.1. The highest BCUT2D eigenvalue weighted by molar-refractivity contribution is 7.17. The van der Waals surface area contributed by atoms with Crippen LogP contribution in [0.1, 0.15) is 29.3 Å². The van der Waals surface area contributed by atoms with Gasteiger partial charge in [-0.1, -0.05) is 24.3 Å². The van der Waals surface area contributed by atoms with Crippen molar-refractivity contribution in [2.45, 2.75) is 19.8 Å². The molecule has 0 aliphatic heterocycles. The third-order valence-electron chi connectivity index (χ3n) is 4.95. The number of nitrogens with one attached hydrogen (secondary N) is 2. The Kier molecular flexibility index (Phi) is 7.21. The molecule has 0 aliphatic rings. The molecule has 0 radical (unpaired) electrons. The van der Waals surface area contributed by atoms with Crippen LogP contribution in [0.3, 0.4) is 0 Å². The standard InChI is InChI=1S/C24H22N2O5S2/c1-2-30-24(29)22-17(19-8-5-11-32-19)14-33-23(22)26-20(27)13-31-21(28)10-9-15-12-25-18-7-4-3-6-16(15)18/h3-8,11-12,14,25H,2,9-10,13H2,1H3,(H,26,27). The summed E-state index contributed by atoms with van der Waals surface area (Å²) in [6.07, 6.45) is 2.54. The van der Waals surface area contributed by atoms with E-state index in [0.717, 1.165) is 21.3 Å². The molecule has 0 bridgehead atoms. The van der Waals surface area contributed by atoms with E-state index in [9.17, 15) is 14.4 Å². The van der Waals surface area contributed by atoms with Crippen molar-refractivity contribution in [3.8, 4) is 10.4 Å². The SMILES string of the molecule is CCOC(=O)c1c(-c2cccs2)csc1NC(=O)COC(=O)CCc1c[nH]c2ccccc12. The van der Waals surface area contributed by atoms with E-state index in [1.165, 1.54) is 22.7 Å². The first-order valence-corrected chi connectivity index (χ1v) is 12.2. The Morgan fingerprint density at radius 3 is 2.70 bits per heavy atom. The number of esters is 2. The van der Waals surface area contributed by atoms with Crippen LogP contribution < -0.4 is 5.32 Å². The molecule has 1 amide bonds. The van der Waals surface area contributed by atoms with Crippen molar-refractivity contribution in [3.05, 3.63) is 64.5 Å². The normalized spacial score (nSPS) is 10.8. The summed E-state index contributed by atoms with van der Waals surface area (Å²) in [5.74, 6) is -1.49. The van der Waals surface area contributed by atoms with Gasteiger partial charge in [0.05, 0.1) is 6.61 Å². The number of ether oxygens (including phenoxy) is 2. The molecular weight excluding hydrogens is 460 g/mol. The lowest BCUT2D eigenvalue weighted by Crippen LogP contribution is -2.21. The van der Waals surface area contributed by atoms with Crippen molar-refractivity contribution in [3.63, 3.8) is 0 Å². The number of carbonyl (C=O) groups is 3. The van der Waals surface area contributed by atoms with Crippen LogP contribution in [0.25, 0.3) is 21.3 Å². The van der Waals surface area contributed by atoms with Crippen molar-refractivity contribution < 1.29 is 23.9 Å². The monoisotopic (exact) mass is 482 g/mol. The van der Waals surface area contributed by atoms with Gasteiger partial charge >= 0.3 is 11.9 Å². The second-order valence-corrected chi connectivity index (χ2v) is 8.95. The Hall–Kier alpha value is -3.43. The van der Waals surface area contributed by atoms with Gasteiger partial charge in [0, 0.05) is 39.3 Å². The van der Waals surface area contributed by atoms with Gasteiger partial charge in [0.25, 0.3) is 5.91 Å². The number of H-pyrrole nitrogens is 1. The Balaban J connectivity index is 1.34. The molecular formula is C24H22N2O5S2. The van der Waals surface area contributed by atoms with Crippen molar-refractivity contribution in [1.82, 2.24) is 4.98 Å². The summed E-state index contributed by atoms with van der Waals surface area (Å²) in [7, 11) is 0. The zero-order chi connectivity index (χ0) is 23.2. The van der Waals surface area contributed by atoms with Crippen LogP contribution in [-0.2, 0) is 25.5 Å². The van der Waals surface area contributed by atoms with Gasteiger partial charge in [-0.25, -0.2) is 4.79 Å². The number of anilines is 1. The predicted molar refractivity (Wildman–Crippen MR) is 130 cm³/mol. The molecule has 0 spiro atoms. The summed E-state index contributed by atoms with van der Waals surface area (Å²) in [6.45, 7) is 1.52. The molecule has 9 heteroatoms. The van der Waals surface area contributed by atoms with Crippen LogP contribution in [0.15, 0.2) is 53.4 Å². The fourth-order valence-corrected chi connectivity index (χ4v) is 5.21. The van der Waals surface area contributed by atoms with E-state index < -0.39 is 24.5 Å². The molecule has 0 unspecified atom stereocenters. The number of fused-ring (bicyclic) bond motifs is 1. The average Bonchev–Trinajstić information content (AvgIpc) is 3.56. The van der Waals surface area contributed by atoms with Gasteiger partial charge in [-0.2, -0.15) is 0 Å². The lowest BCUT2D eigenvalue weighted by molar-refractivity contribution is -0.147. The number of hydrogen-bond donors (Lipinski definition) is 2. The van der Waals surface area contributed by atoms with Gasteiger partial charge in [-0.15, -0.1) is 22.7 Å². The zero-order valence-electron chi connectivity index (χ0n) is 17.9. The smallest absolute Gasteiger partial charge is 0.341 e. The third kappa shape index (κ3) is 5.32. The minimum absolute atomic E-state index is 0.157. The number of thiophene rings is 2. The van der Waals surface area contributed by atoms with Crippen molar-refractivity contribution in [1.29, 1.82) is 0 Å². The maximum absolute atomic E-state index is 12.5. The second-order valence-electron chi connectivity index (χ2n) is 7.12. The fourth-order valence-electron chi connectivity index (χ4n) is 3.43. The van der Waals surface area contributed by atoms with Gasteiger partial charge in [0.2, 0.25) is 0 Å². The van der Waals surface area contributed by atoms with Gasteiger partial charge in [-0.3, -0.25) is 9.59 Å². The van der Waals surface area contributed by atoms with Gasteiger partial charge < -0.3 is 19.8 Å². The lowest BCUT2D eigenvalue weighted by atomic mass is 10.1. The Labute approximate surface area is 198 Å². The molecule has 0 aliphatic carbocycles. The van der Waals surface area contributed by atoms with Crippen LogP contribution in [0.2, 0.25) is 0 Å². The topological polar surface area (TPSA) is 97.5 Å². The van der Waals surface area contributed by atoms with Crippen molar-refractivity contribution >= 4 is 56.4 Å². The Morgan fingerprint density at radius 2 is 1.91 bits per heavy atom. The molecule has 33 heavy (non-hydrogen) atoms. The minimum Gasteiger partial charge on any atom is -0.462 e. The molecule has 7 nitrogen and oxygen atoms in total. The average molecular weight is 483 g/mol. The number of aromatic amines is 1. The van der Waals surface area contributed by atoms with E-state index in [2.05, 4.69) is 10.3 Å². The number of carbonyl (C=O) groups excluding carboxylic acids is 3. The number of para-hydroxylation sites is 1. The molecule has 3 aromatic heterocycles. The third-order valence-corrected chi connectivity index (χ3v) is 6.75. The fraction of sp³-hybridized carbons (Fsp3) is 0.208. The minimum atomic E-state index is -0.513. The van der Waals surface area contributed by atoms with E-state index >= 15 is 0 Å². The van der Waals surface area contributed by atoms with Crippen LogP contribution >= 0.6 is 22.7 Å². The highest BCUT2D eigenvalue weighted by atomic mass is 32.1. The summed E-state index contributed by atoms with van der Waals surface area (Å²) in [6, 6.07) is 11.6. The van der Waals surface area contributed by atoms with Gasteiger partial charge in [-0.05, 0) is 36.4 Å². The molecule has 3 heterocycles. The van der Waals surface area contributed by atoms with Crippen molar-refractivity contribution in [2.75, 3.05) is 18.5 Å². The second kappa shape index (κ2) is 10.5. The summed E-state index contributed by atoms with van der Waals surface area (Å²) in [4.78, 5) is 41.2. The Bertz CT molecular complexity index is 1270. The molecule has 170 valence electrons. The number of hydrogen-bond acceptors (Lipinski definition) is 7. The number of amides is 1. The summed E-state index contributed by atoms with van der Waals surface area (Å²) in [5, 5.41) is 7.84. The first-order valence-electron chi connectivity index (χ1n) is 10.4. The van der Waals surface area contributed by atoms with Gasteiger partial charge in [0.15, 0.2) is 6.61 Å². The van der Waals surface area contributed by atoms with Crippen molar-refractivity contribution in [2.24, 2.45) is 0 Å².